The molecule has 1 N–H and O–H groups in total. The van der Waals surface area contributed by atoms with Crippen molar-refractivity contribution in [3.05, 3.63) is 52.4 Å². The molecule has 0 saturated carbocycles. The highest BCUT2D eigenvalue weighted by molar-refractivity contribution is 9.10. The van der Waals surface area contributed by atoms with Crippen molar-refractivity contribution in [2.75, 3.05) is 13.2 Å². The highest BCUT2D eigenvalue weighted by Gasteiger charge is 2.15. The van der Waals surface area contributed by atoms with Crippen LogP contribution in [0.2, 0.25) is 0 Å². The van der Waals surface area contributed by atoms with Crippen molar-refractivity contribution in [2.45, 2.75) is 19.5 Å². The Morgan fingerprint density at radius 1 is 1.12 bits per heavy atom. The topological polar surface area (TPSA) is 60.7 Å². The molecule has 24 heavy (non-hydrogen) atoms. The van der Waals surface area contributed by atoms with Crippen LogP contribution >= 0.6 is 15.9 Å². The van der Waals surface area contributed by atoms with Gasteiger partial charge in [0.25, 0.3) is 0 Å². The van der Waals surface area contributed by atoms with E-state index in [1.807, 2.05) is 34.9 Å². The van der Waals surface area contributed by atoms with Gasteiger partial charge in [-0.2, -0.15) is 0 Å². The van der Waals surface area contributed by atoms with Gasteiger partial charge in [0.1, 0.15) is 0 Å². The van der Waals surface area contributed by atoms with Gasteiger partial charge in [0.15, 0.2) is 23.0 Å². The van der Waals surface area contributed by atoms with Crippen molar-refractivity contribution in [1.29, 1.82) is 0 Å². The van der Waals surface area contributed by atoms with Gasteiger partial charge in [-0.1, -0.05) is 6.07 Å². The quantitative estimate of drug-likeness (QED) is 0.744. The van der Waals surface area contributed by atoms with Gasteiger partial charge in [-0.15, -0.1) is 10.2 Å². The third-order valence-electron chi connectivity index (χ3n) is 3.86. The molecular formula is C17H17BrN4O2. The molecule has 0 atom stereocenters. The normalized spacial score (nSPS) is 13.9. The molecule has 3 heterocycles. The third kappa shape index (κ3) is 3.09. The molecule has 3 aromatic rings. The van der Waals surface area contributed by atoms with Crippen LogP contribution in [0.25, 0.3) is 5.65 Å². The standard InChI is InChI=1S/C17H17BrN4O2/c18-13-8-12(9-14-17(13)24-7-3-6-23-14)10-19-11-16-21-20-15-4-1-2-5-22(15)16/h1-2,4-5,8-9,19H,3,6-7,10-11H2. The lowest BCUT2D eigenvalue weighted by Crippen LogP contribution is -2.15. The van der Waals surface area contributed by atoms with E-state index in [0.29, 0.717) is 26.3 Å². The van der Waals surface area contributed by atoms with Gasteiger partial charge in [0.2, 0.25) is 0 Å². The number of rotatable bonds is 4. The molecule has 124 valence electrons. The van der Waals surface area contributed by atoms with E-state index in [2.05, 4.69) is 37.5 Å². The van der Waals surface area contributed by atoms with Crippen LogP contribution in [0.4, 0.5) is 0 Å². The number of nitrogens with one attached hydrogen (secondary N) is 1. The van der Waals surface area contributed by atoms with Crippen LogP contribution in [0.5, 0.6) is 11.5 Å². The van der Waals surface area contributed by atoms with Crippen LogP contribution in [0.3, 0.4) is 0 Å². The Bertz CT molecular complexity index is 865. The number of pyridine rings is 1. The smallest absolute Gasteiger partial charge is 0.175 e. The van der Waals surface area contributed by atoms with Crippen LogP contribution < -0.4 is 14.8 Å². The van der Waals surface area contributed by atoms with E-state index in [1.165, 1.54) is 0 Å². The molecular weight excluding hydrogens is 372 g/mol. The molecule has 2 aromatic heterocycles. The number of benzene rings is 1. The van der Waals surface area contributed by atoms with E-state index in [1.54, 1.807) is 0 Å². The SMILES string of the molecule is Brc1cc(CNCc2nnc3ccccn23)cc2c1OCCCO2. The molecule has 4 rings (SSSR count). The number of hydrogen-bond donors (Lipinski definition) is 1. The maximum atomic E-state index is 5.77. The maximum Gasteiger partial charge on any atom is 0.175 e. The van der Waals surface area contributed by atoms with Crippen molar-refractivity contribution in [3.8, 4) is 11.5 Å². The predicted octanol–water partition coefficient (Wildman–Crippen LogP) is 2.94. The zero-order valence-corrected chi connectivity index (χ0v) is 14.6. The molecule has 0 spiro atoms. The fraction of sp³-hybridized carbons (Fsp3) is 0.294. The Morgan fingerprint density at radius 3 is 3.00 bits per heavy atom. The summed E-state index contributed by atoms with van der Waals surface area (Å²) in [5, 5.41) is 11.8. The molecule has 1 aromatic carbocycles. The molecule has 0 saturated heterocycles. The minimum atomic E-state index is 0.636. The van der Waals surface area contributed by atoms with E-state index in [9.17, 15) is 0 Å². The number of hydrogen-bond acceptors (Lipinski definition) is 5. The molecule has 7 heteroatoms. The summed E-state index contributed by atoms with van der Waals surface area (Å²) in [5.41, 5.74) is 1.98. The predicted molar refractivity (Wildman–Crippen MR) is 93.3 cm³/mol. The van der Waals surface area contributed by atoms with E-state index < -0.39 is 0 Å². The highest BCUT2D eigenvalue weighted by atomic mass is 79.9. The zero-order chi connectivity index (χ0) is 16.4. The Kier molecular flexibility index (Phi) is 4.36. The Balaban J connectivity index is 1.46. The first-order valence-electron chi connectivity index (χ1n) is 7.88. The lowest BCUT2D eigenvalue weighted by Gasteiger charge is -2.12. The maximum absolute atomic E-state index is 5.77. The van der Waals surface area contributed by atoms with Gasteiger partial charge in [-0.3, -0.25) is 4.40 Å². The summed E-state index contributed by atoms with van der Waals surface area (Å²) in [6, 6.07) is 9.96. The molecule has 0 amide bonds. The lowest BCUT2D eigenvalue weighted by molar-refractivity contribution is 0.296. The number of nitrogens with zero attached hydrogens (tertiary/aromatic N) is 3. The highest BCUT2D eigenvalue weighted by Crippen LogP contribution is 2.38. The van der Waals surface area contributed by atoms with Crippen LogP contribution in [-0.4, -0.2) is 27.8 Å². The molecule has 1 aliphatic rings. The average Bonchev–Trinajstić information content (AvgIpc) is 2.84. The Morgan fingerprint density at radius 2 is 2.04 bits per heavy atom. The first-order valence-corrected chi connectivity index (χ1v) is 8.68. The molecule has 0 aliphatic carbocycles. The van der Waals surface area contributed by atoms with E-state index >= 15 is 0 Å². The van der Waals surface area contributed by atoms with Crippen LogP contribution in [0.15, 0.2) is 41.0 Å². The summed E-state index contributed by atoms with van der Waals surface area (Å²) < 4.78 is 14.4. The Hall–Kier alpha value is -2.12. The summed E-state index contributed by atoms with van der Waals surface area (Å²) in [6.45, 7) is 2.71. The number of halogens is 1. The Labute approximate surface area is 147 Å². The van der Waals surface area contributed by atoms with Gasteiger partial charge < -0.3 is 14.8 Å². The fourth-order valence-electron chi connectivity index (χ4n) is 2.72. The molecule has 6 nitrogen and oxygen atoms in total. The van der Waals surface area contributed by atoms with Crippen LogP contribution in [0.1, 0.15) is 17.8 Å². The van der Waals surface area contributed by atoms with Gasteiger partial charge in [0, 0.05) is 19.2 Å². The summed E-state index contributed by atoms with van der Waals surface area (Å²) in [5.74, 6) is 2.48. The second-order valence-electron chi connectivity index (χ2n) is 5.60. The largest absolute Gasteiger partial charge is 0.490 e. The van der Waals surface area contributed by atoms with Crippen molar-refractivity contribution in [3.63, 3.8) is 0 Å². The summed E-state index contributed by atoms with van der Waals surface area (Å²) >= 11 is 3.57. The van der Waals surface area contributed by atoms with Crippen LogP contribution in [0, 0.1) is 0 Å². The third-order valence-corrected chi connectivity index (χ3v) is 4.45. The van der Waals surface area contributed by atoms with Gasteiger partial charge >= 0.3 is 0 Å². The number of ether oxygens (including phenoxy) is 2. The summed E-state index contributed by atoms with van der Waals surface area (Å²) in [7, 11) is 0. The van der Waals surface area contributed by atoms with E-state index in [4.69, 9.17) is 9.47 Å². The number of fused-ring (bicyclic) bond motifs is 2. The molecule has 1 aliphatic heterocycles. The molecule has 0 unspecified atom stereocenters. The number of aromatic nitrogens is 3. The summed E-state index contributed by atoms with van der Waals surface area (Å²) in [6.07, 6.45) is 2.87. The van der Waals surface area contributed by atoms with E-state index in [-0.39, 0.29) is 0 Å². The molecule has 0 bridgehead atoms. The van der Waals surface area contributed by atoms with Crippen molar-refractivity contribution in [1.82, 2.24) is 19.9 Å². The van der Waals surface area contributed by atoms with Crippen LogP contribution in [-0.2, 0) is 13.1 Å². The zero-order valence-electron chi connectivity index (χ0n) is 13.0. The second kappa shape index (κ2) is 6.78. The van der Waals surface area contributed by atoms with Gasteiger partial charge in [-0.25, -0.2) is 0 Å². The fourth-order valence-corrected chi connectivity index (χ4v) is 3.32. The minimum Gasteiger partial charge on any atom is -0.490 e. The summed E-state index contributed by atoms with van der Waals surface area (Å²) in [4.78, 5) is 0. The lowest BCUT2D eigenvalue weighted by atomic mass is 10.2. The van der Waals surface area contributed by atoms with Crippen molar-refractivity contribution in [2.24, 2.45) is 0 Å². The first kappa shape index (κ1) is 15.4. The minimum absolute atomic E-state index is 0.636. The van der Waals surface area contributed by atoms with Crippen molar-refractivity contribution < 1.29 is 9.47 Å². The first-order chi connectivity index (χ1) is 11.8. The van der Waals surface area contributed by atoms with Gasteiger partial charge in [0.05, 0.1) is 24.2 Å². The second-order valence-corrected chi connectivity index (χ2v) is 6.46. The average molecular weight is 389 g/mol. The molecule has 0 radical (unpaired) electrons. The van der Waals surface area contributed by atoms with Crippen molar-refractivity contribution >= 4 is 21.6 Å². The van der Waals surface area contributed by atoms with E-state index in [0.717, 1.165) is 39.4 Å². The van der Waals surface area contributed by atoms with Gasteiger partial charge in [-0.05, 0) is 45.8 Å². The monoisotopic (exact) mass is 388 g/mol. The molecule has 0 fully saturated rings.